The number of halogens is 1. The third kappa shape index (κ3) is 4.64. The number of carbonyl (C=O) groups is 1. The number of ether oxygens (including phenoxy) is 2. The van der Waals surface area contributed by atoms with Crippen LogP contribution in [-0.4, -0.2) is 38.0 Å². The van der Waals surface area contributed by atoms with E-state index in [1.807, 2.05) is 49.3 Å². The molecule has 154 valence electrons. The van der Waals surface area contributed by atoms with E-state index in [-0.39, 0.29) is 12.5 Å². The molecule has 0 radical (unpaired) electrons. The van der Waals surface area contributed by atoms with Gasteiger partial charge in [0.05, 0.1) is 17.7 Å². The Morgan fingerprint density at radius 3 is 2.60 bits per heavy atom. The number of carbonyl (C=O) groups excluding carboxylic acids is 1. The maximum Gasteiger partial charge on any atom is 0.270 e. The molecule has 0 bridgehead atoms. The van der Waals surface area contributed by atoms with Crippen molar-refractivity contribution < 1.29 is 14.3 Å². The van der Waals surface area contributed by atoms with Crippen LogP contribution in [0.15, 0.2) is 45.8 Å². The lowest BCUT2D eigenvalue weighted by atomic mass is 10.1. The fourth-order valence-electron chi connectivity index (χ4n) is 2.85. The number of amides is 1. The van der Waals surface area contributed by atoms with E-state index in [4.69, 9.17) is 28.1 Å². The predicted octanol–water partition coefficient (Wildman–Crippen LogP) is 4.94. The number of hydrogen-bond donors (Lipinski definition) is 0. The molecule has 0 aromatic heterocycles. The van der Waals surface area contributed by atoms with Crippen molar-refractivity contribution >= 4 is 67.6 Å². The first-order chi connectivity index (χ1) is 14.3. The van der Waals surface area contributed by atoms with Gasteiger partial charge in [-0.05, 0) is 42.5 Å². The number of thiocarbonyl (C=S) groups is 1. The Bertz CT molecular complexity index is 1060. The van der Waals surface area contributed by atoms with E-state index in [1.54, 1.807) is 19.3 Å². The highest BCUT2D eigenvalue weighted by Gasteiger charge is 2.33. The van der Waals surface area contributed by atoms with Gasteiger partial charge in [0.1, 0.15) is 6.61 Å². The first-order valence-corrected chi connectivity index (χ1v) is 10.9. The lowest BCUT2D eigenvalue weighted by Crippen LogP contribution is -2.27. The summed E-state index contributed by atoms with van der Waals surface area (Å²) in [6.45, 7) is 0.0814. The van der Waals surface area contributed by atoms with Crippen LogP contribution in [0, 0.1) is 12.3 Å². The van der Waals surface area contributed by atoms with Gasteiger partial charge >= 0.3 is 0 Å². The molecule has 1 amide bonds. The Kier molecular flexibility index (Phi) is 7.08. The van der Waals surface area contributed by atoms with Crippen molar-refractivity contribution in [2.24, 2.45) is 0 Å². The van der Waals surface area contributed by atoms with Gasteiger partial charge in [-0.3, -0.25) is 9.69 Å². The number of terminal acetylenes is 1. The van der Waals surface area contributed by atoms with Gasteiger partial charge in [-0.1, -0.05) is 45.8 Å². The Morgan fingerprint density at radius 2 is 2.00 bits per heavy atom. The lowest BCUT2D eigenvalue weighted by Gasteiger charge is -2.17. The lowest BCUT2D eigenvalue weighted by molar-refractivity contribution is -0.113. The average molecular weight is 503 g/mol. The monoisotopic (exact) mass is 502 g/mol. The van der Waals surface area contributed by atoms with Crippen molar-refractivity contribution in [3.8, 4) is 23.8 Å². The van der Waals surface area contributed by atoms with E-state index in [0.717, 1.165) is 15.8 Å². The van der Waals surface area contributed by atoms with Crippen LogP contribution >= 0.6 is 39.9 Å². The molecule has 0 unspecified atom stereocenters. The number of rotatable bonds is 6. The van der Waals surface area contributed by atoms with Crippen LogP contribution in [0.4, 0.5) is 11.4 Å². The predicted molar refractivity (Wildman–Crippen MR) is 131 cm³/mol. The zero-order valence-electron chi connectivity index (χ0n) is 16.6. The summed E-state index contributed by atoms with van der Waals surface area (Å²) in [6, 6.07) is 11.3. The number of methoxy groups -OCH3 is 1. The third-order valence-corrected chi connectivity index (χ3v) is 6.03. The van der Waals surface area contributed by atoms with Crippen molar-refractivity contribution in [3.05, 3.63) is 51.3 Å². The third-order valence-electron chi connectivity index (χ3n) is 4.27. The van der Waals surface area contributed by atoms with Crippen LogP contribution < -0.4 is 19.3 Å². The van der Waals surface area contributed by atoms with E-state index >= 15 is 0 Å². The Balaban J connectivity index is 1.97. The van der Waals surface area contributed by atoms with Gasteiger partial charge in [-0.2, -0.15) is 0 Å². The normalized spacial score (nSPS) is 14.8. The summed E-state index contributed by atoms with van der Waals surface area (Å²) in [7, 11) is 5.47. The summed E-state index contributed by atoms with van der Waals surface area (Å²) in [5.41, 5.74) is 2.43. The Labute approximate surface area is 194 Å². The molecule has 1 saturated heterocycles. The minimum atomic E-state index is -0.190. The Morgan fingerprint density at radius 1 is 1.30 bits per heavy atom. The molecule has 8 heteroatoms. The second kappa shape index (κ2) is 9.56. The van der Waals surface area contributed by atoms with Crippen molar-refractivity contribution in [3.63, 3.8) is 0 Å². The van der Waals surface area contributed by atoms with Gasteiger partial charge in [-0.25, -0.2) is 0 Å². The van der Waals surface area contributed by atoms with Crippen molar-refractivity contribution in [2.75, 3.05) is 37.6 Å². The molecule has 1 fully saturated rings. The second-order valence-electron chi connectivity index (χ2n) is 6.45. The molecule has 0 spiro atoms. The average Bonchev–Trinajstić information content (AvgIpc) is 2.99. The van der Waals surface area contributed by atoms with Crippen LogP contribution in [0.3, 0.4) is 0 Å². The van der Waals surface area contributed by atoms with Crippen LogP contribution in [0.1, 0.15) is 5.56 Å². The van der Waals surface area contributed by atoms with Crippen LogP contribution in [0.25, 0.3) is 6.08 Å². The first kappa shape index (κ1) is 22.2. The maximum absolute atomic E-state index is 13.1. The van der Waals surface area contributed by atoms with Crippen molar-refractivity contribution in [1.29, 1.82) is 0 Å². The van der Waals surface area contributed by atoms with E-state index in [0.29, 0.717) is 26.3 Å². The number of nitrogens with zero attached hydrogens (tertiary/aromatic N) is 2. The highest BCUT2D eigenvalue weighted by Crippen LogP contribution is 2.40. The zero-order chi connectivity index (χ0) is 21.8. The topological polar surface area (TPSA) is 42.0 Å². The minimum absolute atomic E-state index is 0.0814. The van der Waals surface area contributed by atoms with E-state index in [1.165, 1.54) is 16.7 Å². The van der Waals surface area contributed by atoms with E-state index < -0.39 is 0 Å². The van der Waals surface area contributed by atoms with Gasteiger partial charge in [0.2, 0.25) is 0 Å². The quantitative estimate of drug-likeness (QED) is 0.316. The summed E-state index contributed by atoms with van der Waals surface area (Å²) in [6.07, 6.45) is 7.08. The molecular weight excluding hydrogens is 484 g/mol. The van der Waals surface area contributed by atoms with Gasteiger partial charge in [-0.15, -0.1) is 6.42 Å². The summed E-state index contributed by atoms with van der Waals surface area (Å²) in [5, 5.41) is 0. The molecule has 0 saturated carbocycles. The molecule has 1 heterocycles. The fraction of sp³-hybridized carbons (Fsp3) is 0.182. The summed E-state index contributed by atoms with van der Waals surface area (Å²) in [4.78, 5) is 17.1. The van der Waals surface area contributed by atoms with Crippen LogP contribution in [0.5, 0.6) is 11.5 Å². The highest BCUT2D eigenvalue weighted by atomic mass is 79.9. The number of anilines is 2. The largest absolute Gasteiger partial charge is 0.493 e. The van der Waals surface area contributed by atoms with E-state index in [9.17, 15) is 4.79 Å². The standard InChI is InChI=1S/C22H19BrN2O3S2/c1-5-10-28-20-14(11-15(23)13-18(20)27-4)12-19-21(26)25(22(29)30-19)17-8-6-16(7-9-17)24(2)3/h1,6-9,11-13H,10H2,2-4H3/b19-12+. The molecule has 0 atom stereocenters. The molecule has 2 aromatic rings. The second-order valence-corrected chi connectivity index (χ2v) is 9.04. The number of thioether (sulfide) groups is 1. The number of hydrogen-bond acceptors (Lipinski definition) is 6. The molecule has 1 aliphatic rings. The molecule has 3 rings (SSSR count). The smallest absolute Gasteiger partial charge is 0.270 e. The molecular formula is C22H19BrN2O3S2. The van der Waals surface area contributed by atoms with Crippen LogP contribution in [-0.2, 0) is 4.79 Å². The van der Waals surface area contributed by atoms with E-state index in [2.05, 4.69) is 21.9 Å². The summed E-state index contributed by atoms with van der Waals surface area (Å²) >= 11 is 10.2. The molecule has 30 heavy (non-hydrogen) atoms. The molecule has 2 aromatic carbocycles. The van der Waals surface area contributed by atoms with Gasteiger partial charge in [0, 0.05) is 29.8 Å². The molecule has 0 N–H and O–H groups in total. The highest BCUT2D eigenvalue weighted by molar-refractivity contribution is 9.10. The minimum Gasteiger partial charge on any atom is -0.493 e. The summed E-state index contributed by atoms with van der Waals surface area (Å²) in [5.74, 6) is 3.24. The van der Waals surface area contributed by atoms with Crippen molar-refractivity contribution in [2.45, 2.75) is 0 Å². The van der Waals surface area contributed by atoms with Crippen LogP contribution in [0.2, 0.25) is 0 Å². The molecule has 5 nitrogen and oxygen atoms in total. The van der Waals surface area contributed by atoms with Gasteiger partial charge < -0.3 is 14.4 Å². The Hall–Kier alpha value is -2.47. The molecule has 0 aliphatic carbocycles. The molecule has 1 aliphatic heterocycles. The summed E-state index contributed by atoms with van der Waals surface area (Å²) < 4.78 is 12.4. The van der Waals surface area contributed by atoms with Gasteiger partial charge in [0.25, 0.3) is 5.91 Å². The van der Waals surface area contributed by atoms with Crippen molar-refractivity contribution in [1.82, 2.24) is 0 Å². The SMILES string of the molecule is C#CCOc1c(/C=C2/SC(=S)N(c3ccc(N(C)C)cc3)C2=O)cc(Br)cc1OC. The van der Waals surface area contributed by atoms with Gasteiger partial charge in [0.15, 0.2) is 15.8 Å². The number of benzene rings is 2. The zero-order valence-corrected chi connectivity index (χ0v) is 19.9. The fourth-order valence-corrected chi connectivity index (χ4v) is 4.59. The first-order valence-electron chi connectivity index (χ1n) is 8.85. The maximum atomic E-state index is 13.1.